The number of nitrogens with zero attached hydrogens (tertiary/aromatic N) is 2. The molecule has 4 nitrogen and oxygen atoms in total. The summed E-state index contributed by atoms with van der Waals surface area (Å²) >= 11 is 0. The predicted octanol–water partition coefficient (Wildman–Crippen LogP) is 0.533. The molecule has 3 unspecified atom stereocenters. The molecule has 3 atom stereocenters. The van der Waals surface area contributed by atoms with Crippen LogP contribution in [-0.4, -0.2) is 74.4 Å². The lowest BCUT2D eigenvalue weighted by Crippen LogP contribution is -2.50. The summed E-state index contributed by atoms with van der Waals surface area (Å²) in [6.45, 7) is 6.63. The van der Waals surface area contributed by atoms with Crippen molar-refractivity contribution in [1.82, 2.24) is 15.1 Å². The number of rotatable bonds is 3. The lowest BCUT2D eigenvalue weighted by atomic mass is 9.98. The summed E-state index contributed by atoms with van der Waals surface area (Å²) in [5, 5.41) is 3.43. The van der Waals surface area contributed by atoms with Crippen LogP contribution in [0, 0.1) is 0 Å². The summed E-state index contributed by atoms with van der Waals surface area (Å²) in [6.07, 6.45) is 5.97. The zero-order chi connectivity index (χ0) is 12.4. The average molecular weight is 253 g/mol. The number of morpholine rings is 1. The maximum Gasteiger partial charge on any atom is 0.0826 e. The van der Waals surface area contributed by atoms with Crippen LogP contribution in [0.15, 0.2) is 0 Å². The van der Waals surface area contributed by atoms with Gasteiger partial charge in [0.2, 0.25) is 0 Å². The number of ether oxygens (including phenoxy) is 1. The van der Waals surface area contributed by atoms with Gasteiger partial charge in [-0.2, -0.15) is 0 Å². The van der Waals surface area contributed by atoms with Gasteiger partial charge in [0.1, 0.15) is 0 Å². The first-order chi connectivity index (χ1) is 8.84. The van der Waals surface area contributed by atoms with Crippen molar-refractivity contribution >= 4 is 0 Å². The molecule has 0 spiro atoms. The Hall–Kier alpha value is -0.160. The van der Waals surface area contributed by atoms with E-state index in [2.05, 4.69) is 22.2 Å². The van der Waals surface area contributed by atoms with Gasteiger partial charge in [-0.1, -0.05) is 6.42 Å². The summed E-state index contributed by atoms with van der Waals surface area (Å²) in [5.74, 6) is 0. The smallest absolute Gasteiger partial charge is 0.0826 e. The van der Waals surface area contributed by atoms with Gasteiger partial charge >= 0.3 is 0 Å². The van der Waals surface area contributed by atoms with E-state index in [1.54, 1.807) is 0 Å². The van der Waals surface area contributed by atoms with Gasteiger partial charge in [-0.25, -0.2) is 0 Å². The van der Waals surface area contributed by atoms with Gasteiger partial charge < -0.3 is 10.1 Å². The molecule has 3 fully saturated rings. The van der Waals surface area contributed by atoms with Crippen molar-refractivity contribution in [3.8, 4) is 0 Å². The minimum absolute atomic E-state index is 0.390. The largest absolute Gasteiger partial charge is 0.374 e. The molecule has 0 aromatic carbocycles. The van der Waals surface area contributed by atoms with Crippen LogP contribution in [0.2, 0.25) is 0 Å². The number of fused-ring (bicyclic) bond motifs is 1. The van der Waals surface area contributed by atoms with Crippen molar-refractivity contribution in [3.63, 3.8) is 0 Å². The van der Waals surface area contributed by atoms with Gasteiger partial charge in [-0.15, -0.1) is 0 Å². The number of nitrogens with one attached hydrogen (secondary N) is 1. The van der Waals surface area contributed by atoms with E-state index >= 15 is 0 Å². The van der Waals surface area contributed by atoms with Crippen LogP contribution in [0.4, 0.5) is 0 Å². The molecule has 0 aromatic heterocycles. The topological polar surface area (TPSA) is 27.7 Å². The van der Waals surface area contributed by atoms with E-state index in [-0.39, 0.29) is 0 Å². The maximum atomic E-state index is 5.83. The summed E-state index contributed by atoms with van der Waals surface area (Å²) in [4.78, 5) is 5.28. The molecule has 3 rings (SSSR count). The molecule has 0 bridgehead atoms. The fourth-order valence-electron chi connectivity index (χ4n) is 3.93. The maximum absolute atomic E-state index is 5.83. The SMILES string of the molecule is CN(CC1CNCCO1)C1CCN2CCCCC12. The highest BCUT2D eigenvalue weighted by atomic mass is 16.5. The van der Waals surface area contributed by atoms with Crippen molar-refractivity contribution in [3.05, 3.63) is 0 Å². The number of piperidine rings is 1. The second kappa shape index (κ2) is 5.87. The predicted molar refractivity (Wildman–Crippen MR) is 72.9 cm³/mol. The molecular weight excluding hydrogens is 226 g/mol. The molecule has 0 amide bonds. The first-order valence-electron chi connectivity index (χ1n) is 7.61. The van der Waals surface area contributed by atoms with E-state index in [4.69, 9.17) is 4.74 Å². The van der Waals surface area contributed by atoms with Crippen LogP contribution >= 0.6 is 0 Å². The quantitative estimate of drug-likeness (QED) is 0.794. The second-order valence-electron chi connectivity index (χ2n) is 6.09. The van der Waals surface area contributed by atoms with Gasteiger partial charge in [0, 0.05) is 38.3 Å². The Morgan fingerprint density at radius 2 is 2.22 bits per heavy atom. The van der Waals surface area contributed by atoms with Crippen LogP contribution < -0.4 is 5.32 Å². The van der Waals surface area contributed by atoms with Crippen LogP contribution in [0.25, 0.3) is 0 Å². The first-order valence-corrected chi connectivity index (χ1v) is 7.61. The minimum atomic E-state index is 0.390. The molecule has 3 saturated heterocycles. The highest BCUT2D eigenvalue weighted by Gasteiger charge is 2.38. The fraction of sp³-hybridized carbons (Fsp3) is 1.00. The summed E-state index contributed by atoms with van der Waals surface area (Å²) in [5.41, 5.74) is 0. The molecule has 18 heavy (non-hydrogen) atoms. The molecule has 0 aliphatic carbocycles. The van der Waals surface area contributed by atoms with E-state index in [0.717, 1.165) is 38.3 Å². The first kappa shape index (κ1) is 12.9. The number of hydrogen-bond donors (Lipinski definition) is 1. The Bertz CT molecular complexity index is 268. The molecular formula is C14H27N3O. The standard InChI is InChI=1S/C14H27N3O/c1-16(11-12-10-15-6-9-18-12)13-5-8-17-7-3-2-4-14(13)17/h12-15H,2-11H2,1H3. The molecule has 0 radical (unpaired) electrons. The Balaban J connectivity index is 1.53. The van der Waals surface area contributed by atoms with Crippen molar-refractivity contribution in [2.45, 2.75) is 43.9 Å². The van der Waals surface area contributed by atoms with Crippen LogP contribution in [0.1, 0.15) is 25.7 Å². The fourth-order valence-corrected chi connectivity index (χ4v) is 3.93. The third-order valence-electron chi connectivity index (χ3n) is 4.88. The summed E-state index contributed by atoms with van der Waals surface area (Å²) in [7, 11) is 2.29. The van der Waals surface area contributed by atoms with Gasteiger partial charge in [0.25, 0.3) is 0 Å². The molecule has 3 heterocycles. The number of likely N-dealkylation sites (N-methyl/N-ethyl adjacent to an activating group) is 1. The molecule has 4 heteroatoms. The monoisotopic (exact) mass is 253 g/mol. The van der Waals surface area contributed by atoms with Crippen molar-refractivity contribution in [2.24, 2.45) is 0 Å². The van der Waals surface area contributed by atoms with Crippen molar-refractivity contribution in [1.29, 1.82) is 0 Å². The molecule has 104 valence electrons. The second-order valence-corrected chi connectivity index (χ2v) is 6.09. The Morgan fingerprint density at radius 1 is 1.28 bits per heavy atom. The summed E-state index contributed by atoms with van der Waals surface area (Å²) in [6, 6.07) is 1.58. The Morgan fingerprint density at radius 3 is 3.06 bits per heavy atom. The van der Waals surface area contributed by atoms with Gasteiger partial charge in [0.15, 0.2) is 0 Å². The van der Waals surface area contributed by atoms with Crippen LogP contribution in [-0.2, 0) is 4.74 Å². The Kier molecular flexibility index (Phi) is 4.19. The van der Waals surface area contributed by atoms with Gasteiger partial charge in [0.05, 0.1) is 12.7 Å². The van der Waals surface area contributed by atoms with Crippen LogP contribution in [0.5, 0.6) is 0 Å². The molecule has 0 aromatic rings. The summed E-state index contributed by atoms with van der Waals surface area (Å²) < 4.78 is 5.83. The zero-order valence-electron chi connectivity index (χ0n) is 11.6. The lowest BCUT2D eigenvalue weighted by molar-refractivity contribution is -0.00169. The minimum Gasteiger partial charge on any atom is -0.374 e. The van der Waals surface area contributed by atoms with E-state index in [0.29, 0.717) is 6.10 Å². The molecule has 3 aliphatic rings. The van der Waals surface area contributed by atoms with Crippen molar-refractivity contribution in [2.75, 3.05) is 46.4 Å². The highest BCUT2D eigenvalue weighted by Crippen LogP contribution is 2.30. The lowest BCUT2D eigenvalue weighted by Gasteiger charge is -2.38. The van der Waals surface area contributed by atoms with Gasteiger partial charge in [-0.05, 0) is 32.9 Å². The third kappa shape index (κ3) is 2.72. The normalized spacial score (nSPS) is 38.0. The molecule has 1 N–H and O–H groups in total. The molecule has 0 saturated carbocycles. The molecule has 3 aliphatic heterocycles. The number of hydrogen-bond acceptors (Lipinski definition) is 4. The van der Waals surface area contributed by atoms with E-state index in [1.165, 1.54) is 38.8 Å². The van der Waals surface area contributed by atoms with Crippen molar-refractivity contribution < 1.29 is 4.74 Å². The van der Waals surface area contributed by atoms with Gasteiger partial charge in [-0.3, -0.25) is 9.80 Å². The third-order valence-corrected chi connectivity index (χ3v) is 4.88. The van der Waals surface area contributed by atoms with E-state index < -0.39 is 0 Å². The van der Waals surface area contributed by atoms with Crippen LogP contribution in [0.3, 0.4) is 0 Å². The van der Waals surface area contributed by atoms with E-state index in [9.17, 15) is 0 Å². The zero-order valence-corrected chi connectivity index (χ0v) is 11.6. The Labute approximate surface area is 111 Å². The highest BCUT2D eigenvalue weighted by molar-refractivity contribution is 4.95. The average Bonchev–Trinajstić information content (AvgIpc) is 2.84. The van der Waals surface area contributed by atoms with E-state index in [1.807, 2.05) is 0 Å².